The highest BCUT2D eigenvalue weighted by Crippen LogP contribution is 2.40. The van der Waals surface area contributed by atoms with Gasteiger partial charge in [0.25, 0.3) is 0 Å². The Hall–Kier alpha value is -0.620. The summed E-state index contributed by atoms with van der Waals surface area (Å²) in [7, 11) is 0.481. The van der Waals surface area contributed by atoms with E-state index in [9.17, 15) is 13.2 Å². The van der Waals surface area contributed by atoms with Crippen LogP contribution in [-0.2, 0) is 19.4 Å². The SMILES string of the molecule is CN=C(NCCC(=O)NC1CCS(=O)(=O)C1)NCC1(CCOC)CCCC1.I. The molecule has 3 N–H and O–H groups in total. The zero-order valence-corrected chi connectivity index (χ0v) is 20.1. The number of halogens is 1. The van der Waals surface area contributed by atoms with E-state index in [4.69, 9.17) is 4.74 Å². The van der Waals surface area contributed by atoms with E-state index in [-0.39, 0.29) is 59.3 Å². The predicted molar refractivity (Wildman–Crippen MR) is 122 cm³/mol. The molecule has 0 bridgehead atoms. The average molecular weight is 530 g/mol. The third-order valence-electron chi connectivity index (χ3n) is 5.60. The predicted octanol–water partition coefficient (Wildman–Crippen LogP) is 1.06. The maximum atomic E-state index is 12.0. The molecule has 2 aliphatic rings. The number of rotatable bonds is 9. The molecule has 164 valence electrons. The molecule has 8 nitrogen and oxygen atoms in total. The summed E-state index contributed by atoms with van der Waals surface area (Å²) in [5, 5.41) is 9.36. The van der Waals surface area contributed by atoms with Gasteiger partial charge in [0.1, 0.15) is 0 Å². The number of amides is 1. The molecule has 28 heavy (non-hydrogen) atoms. The van der Waals surface area contributed by atoms with Crippen molar-refractivity contribution in [1.29, 1.82) is 0 Å². The van der Waals surface area contributed by atoms with Crippen LogP contribution in [0.4, 0.5) is 0 Å². The molecule has 1 aliphatic heterocycles. The second-order valence-electron chi connectivity index (χ2n) is 7.72. The topological polar surface area (TPSA) is 109 Å². The first-order valence-corrected chi connectivity index (χ1v) is 11.6. The zero-order valence-electron chi connectivity index (χ0n) is 17.0. The Bertz CT molecular complexity index is 621. The van der Waals surface area contributed by atoms with Gasteiger partial charge in [-0.05, 0) is 31.1 Å². The first-order valence-electron chi connectivity index (χ1n) is 9.81. The molecule has 1 atom stereocenters. The van der Waals surface area contributed by atoms with Gasteiger partial charge in [-0.1, -0.05) is 12.8 Å². The van der Waals surface area contributed by atoms with Crippen molar-refractivity contribution in [2.45, 2.75) is 51.0 Å². The van der Waals surface area contributed by atoms with E-state index >= 15 is 0 Å². The van der Waals surface area contributed by atoms with Crippen molar-refractivity contribution >= 4 is 45.7 Å². The Morgan fingerprint density at radius 3 is 2.54 bits per heavy atom. The number of guanidine groups is 1. The van der Waals surface area contributed by atoms with Gasteiger partial charge < -0.3 is 20.7 Å². The van der Waals surface area contributed by atoms with E-state index < -0.39 is 9.84 Å². The lowest BCUT2D eigenvalue weighted by Crippen LogP contribution is -2.44. The van der Waals surface area contributed by atoms with Gasteiger partial charge in [0.15, 0.2) is 15.8 Å². The molecule has 10 heteroatoms. The summed E-state index contributed by atoms with van der Waals surface area (Å²) in [6, 6.07) is -0.247. The van der Waals surface area contributed by atoms with Gasteiger partial charge in [-0.2, -0.15) is 0 Å². The van der Waals surface area contributed by atoms with Crippen molar-refractivity contribution in [2.75, 3.05) is 45.4 Å². The smallest absolute Gasteiger partial charge is 0.222 e. The van der Waals surface area contributed by atoms with Crippen LogP contribution in [0, 0.1) is 5.41 Å². The van der Waals surface area contributed by atoms with Crippen LogP contribution >= 0.6 is 24.0 Å². The third-order valence-corrected chi connectivity index (χ3v) is 7.37. The highest BCUT2D eigenvalue weighted by Gasteiger charge is 2.33. The maximum Gasteiger partial charge on any atom is 0.222 e. The van der Waals surface area contributed by atoms with Crippen LogP contribution in [0.25, 0.3) is 0 Å². The molecule has 1 saturated carbocycles. The zero-order chi connectivity index (χ0) is 19.8. The second-order valence-corrected chi connectivity index (χ2v) is 9.95. The van der Waals surface area contributed by atoms with Gasteiger partial charge in [-0.3, -0.25) is 9.79 Å². The summed E-state index contributed by atoms with van der Waals surface area (Å²) in [5.74, 6) is 0.777. The maximum absolute atomic E-state index is 12.0. The number of nitrogens with zero attached hydrogens (tertiary/aromatic N) is 1. The Labute approximate surface area is 186 Å². The van der Waals surface area contributed by atoms with Gasteiger partial charge >= 0.3 is 0 Å². The molecule has 2 rings (SSSR count). The molecule has 0 aromatic heterocycles. The monoisotopic (exact) mass is 530 g/mol. The first-order chi connectivity index (χ1) is 12.9. The van der Waals surface area contributed by atoms with Crippen LogP contribution in [0.15, 0.2) is 4.99 Å². The van der Waals surface area contributed by atoms with Crippen molar-refractivity contribution in [3.05, 3.63) is 0 Å². The van der Waals surface area contributed by atoms with Crippen LogP contribution in [-0.4, -0.2) is 71.7 Å². The lowest BCUT2D eigenvalue weighted by Gasteiger charge is -2.30. The number of hydrogen-bond acceptors (Lipinski definition) is 5. The molecule has 1 aliphatic carbocycles. The fourth-order valence-corrected chi connectivity index (χ4v) is 5.63. The average Bonchev–Trinajstić information content (AvgIpc) is 3.23. The van der Waals surface area contributed by atoms with Crippen molar-refractivity contribution in [2.24, 2.45) is 10.4 Å². The van der Waals surface area contributed by atoms with Crippen molar-refractivity contribution in [3.63, 3.8) is 0 Å². The van der Waals surface area contributed by atoms with E-state index in [0.29, 0.717) is 18.9 Å². The summed E-state index contributed by atoms with van der Waals surface area (Å²) < 4.78 is 28.1. The number of aliphatic imine (C=N–C) groups is 1. The van der Waals surface area contributed by atoms with E-state index in [2.05, 4.69) is 20.9 Å². The van der Waals surface area contributed by atoms with Gasteiger partial charge in [0, 0.05) is 46.3 Å². The standard InChI is InChI=1S/C18H34N4O4S.HI/c1-19-17(21-14-18(9-11-26-2)7-3-4-8-18)20-10-5-16(23)22-15-6-12-27(24,25)13-15;/h15H,3-14H2,1-2H3,(H,22,23)(H2,19,20,21);1H. The lowest BCUT2D eigenvalue weighted by molar-refractivity contribution is -0.121. The van der Waals surface area contributed by atoms with E-state index in [1.54, 1.807) is 14.2 Å². The Balaban J connectivity index is 0.00000392. The van der Waals surface area contributed by atoms with E-state index in [1.807, 2.05) is 0 Å². The third kappa shape index (κ3) is 8.40. The number of carbonyl (C=O) groups excluding carboxylic acids is 1. The lowest BCUT2D eigenvalue weighted by atomic mass is 9.83. The minimum atomic E-state index is -2.98. The fourth-order valence-electron chi connectivity index (χ4n) is 3.95. The number of nitrogens with one attached hydrogen (secondary N) is 3. The normalized spacial score (nSPS) is 23.1. The molecule has 1 saturated heterocycles. The summed E-state index contributed by atoms with van der Waals surface area (Å²) in [6.07, 6.45) is 6.75. The van der Waals surface area contributed by atoms with Crippen LogP contribution in [0.5, 0.6) is 0 Å². The molecule has 0 radical (unpaired) electrons. The molecular weight excluding hydrogens is 495 g/mol. The summed E-state index contributed by atoms with van der Waals surface area (Å²) in [4.78, 5) is 16.2. The van der Waals surface area contributed by atoms with Gasteiger partial charge in [0.2, 0.25) is 5.91 Å². The first kappa shape index (κ1) is 25.4. The number of methoxy groups -OCH3 is 1. The largest absolute Gasteiger partial charge is 0.385 e. The molecule has 1 heterocycles. The Morgan fingerprint density at radius 1 is 1.25 bits per heavy atom. The minimum Gasteiger partial charge on any atom is -0.385 e. The number of ether oxygens (including phenoxy) is 1. The van der Waals surface area contributed by atoms with E-state index in [0.717, 1.165) is 19.6 Å². The number of sulfone groups is 1. The van der Waals surface area contributed by atoms with Gasteiger partial charge in [-0.15, -0.1) is 24.0 Å². The summed E-state index contributed by atoms with van der Waals surface area (Å²) >= 11 is 0. The van der Waals surface area contributed by atoms with Gasteiger partial charge in [-0.25, -0.2) is 8.42 Å². The van der Waals surface area contributed by atoms with Crippen LogP contribution in [0.2, 0.25) is 0 Å². The van der Waals surface area contributed by atoms with E-state index in [1.165, 1.54) is 25.7 Å². The van der Waals surface area contributed by atoms with Crippen molar-refractivity contribution in [1.82, 2.24) is 16.0 Å². The molecule has 0 aromatic rings. The quantitative estimate of drug-likeness (QED) is 0.234. The fraction of sp³-hybridized carbons (Fsp3) is 0.889. The van der Waals surface area contributed by atoms with Crippen LogP contribution in [0.3, 0.4) is 0 Å². The molecule has 0 spiro atoms. The molecule has 2 fully saturated rings. The molecule has 1 unspecified atom stereocenters. The number of hydrogen-bond donors (Lipinski definition) is 3. The molecule has 1 amide bonds. The molecular formula is C18H35IN4O4S. The highest BCUT2D eigenvalue weighted by atomic mass is 127. The number of carbonyl (C=O) groups is 1. The summed E-state index contributed by atoms with van der Waals surface area (Å²) in [5.41, 5.74) is 0.263. The molecule has 0 aromatic carbocycles. The Morgan fingerprint density at radius 2 is 1.96 bits per heavy atom. The van der Waals surface area contributed by atoms with Crippen molar-refractivity contribution in [3.8, 4) is 0 Å². The van der Waals surface area contributed by atoms with Crippen LogP contribution in [0.1, 0.15) is 44.9 Å². The highest BCUT2D eigenvalue weighted by molar-refractivity contribution is 14.0. The second kappa shape index (κ2) is 12.2. The summed E-state index contributed by atoms with van der Waals surface area (Å²) in [6.45, 7) is 2.07. The van der Waals surface area contributed by atoms with Crippen molar-refractivity contribution < 1.29 is 17.9 Å². The Kier molecular flexibility index (Phi) is 11.0. The van der Waals surface area contributed by atoms with Gasteiger partial charge in [0.05, 0.1) is 11.5 Å². The minimum absolute atomic E-state index is 0. The van der Waals surface area contributed by atoms with Crippen LogP contribution < -0.4 is 16.0 Å².